The largest absolute Gasteiger partial charge is 0.333 e. The number of halogens is 1. The smallest absolute Gasteiger partial charge is 0.107 e. The lowest BCUT2D eigenvalue weighted by molar-refractivity contribution is 0.951. The fraction of sp³-hybridized carbons (Fsp3) is 0.0909. The Bertz CT molecular complexity index is 657. The van der Waals surface area contributed by atoms with Crippen LogP contribution in [0.4, 0.5) is 0 Å². The Hall–Kier alpha value is -1.61. The van der Waals surface area contributed by atoms with Gasteiger partial charge in [-0.2, -0.15) is 0 Å². The Morgan fingerprint density at radius 1 is 1.20 bits per heavy atom. The molecule has 0 fully saturated rings. The molecule has 0 radical (unpaired) electrons. The lowest BCUT2D eigenvalue weighted by atomic mass is 10.2. The minimum atomic E-state index is 0.720. The maximum absolute atomic E-state index is 5.98. The van der Waals surface area contributed by atoms with Crippen LogP contribution in [0.2, 0.25) is 5.02 Å². The molecule has 74 valence electrons. The van der Waals surface area contributed by atoms with E-state index in [0.717, 1.165) is 27.0 Å². The second-order valence-electron chi connectivity index (χ2n) is 3.51. The van der Waals surface area contributed by atoms with Gasteiger partial charge in [-0.3, -0.25) is 4.98 Å². The van der Waals surface area contributed by atoms with E-state index in [1.54, 1.807) is 12.5 Å². The van der Waals surface area contributed by atoms with Crippen LogP contribution in [0, 0.1) is 0 Å². The van der Waals surface area contributed by atoms with Crippen LogP contribution in [0.25, 0.3) is 21.9 Å². The van der Waals surface area contributed by atoms with Crippen LogP contribution < -0.4 is 0 Å². The number of nitrogens with zero attached hydrogens (tertiary/aromatic N) is 3. The molecule has 0 atom stereocenters. The van der Waals surface area contributed by atoms with Crippen molar-refractivity contribution in [3.63, 3.8) is 0 Å². The molecule has 0 bridgehead atoms. The van der Waals surface area contributed by atoms with Gasteiger partial charge in [0.2, 0.25) is 0 Å². The van der Waals surface area contributed by atoms with Gasteiger partial charge in [0.15, 0.2) is 0 Å². The zero-order valence-corrected chi connectivity index (χ0v) is 8.86. The van der Waals surface area contributed by atoms with E-state index in [1.807, 2.05) is 29.8 Å². The third-order valence-corrected chi connectivity index (χ3v) is 2.74. The van der Waals surface area contributed by atoms with E-state index in [-0.39, 0.29) is 0 Å². The van der Waals surface area contributed by atoms with Crippen LogP contribution in [0.5, 0.6) is 0 Å². The quantitative estimate of drug-likeness (QED) is 0.580. The number of aryl methyl sites for hydroxylation is 1. The highest BCUT2D eigenvalue weighted by Gasteiger charge is 2.06. The Labute approximate surface area is 91.3 Å². The molecule has 0 unspecified atom stereocenters. The minimum absolute atomic E-state index is 0.720. The zero-order valence-electron chi connectivity index (χ0n) is 8.11. The standard InChI is InChI=1S/C11H8ClN3/c1-15-6-14-10-5-13-9-3-2-7(12)4-8(9)11(10)15/h2-6H,1H3. The van der Waals surface area contributed by atoms with Gasteiger partial charge < -0.3 is 4.57 Å². The Morgan fingerprint density at radius 2 is 2.07 bits per heavy atom. The van der Waals surface area contributed by atoms with E-state index >= 15 is 0 Å². The number of aromatic nitrogens is 3. The van der Waals surface area contributed by atoms with Gasteiger partial charge in [0.25, 0.3) is 0 Å². The third-order valence-electron chi connectivity index (χ3n) is 2.50. The molecule has 0 N–H and O–H groups in total. The minimum Gasteiger partial charge on any atom is -0.333 e. The van der Waals surface area contributed by atoms with E-state index in [0.29, 0.717) is 0 Å². The maximum Gasteiger partial charge on any atom is 0.107 e. The second-order valence-corrected chi connectivity index (χ2v) is 3.95. The van der Waals surface area contributed by atoms with E-state index in [1.165, 1.54) is 0 Å². The number of rotatable bonds is 0. The van der Waals surface area contributed by atoms with Crippen molar-refractivity contribution in [1.29, 1.82) is 0 Å². The fourth-order valence-electron chi connectivity index (χ4n) is 1.81. The van der Waals surface area contributed by atoms with Gasteiger partial charge in [-0.25, -0.2) is 4.98 Å². The molecule has 0 saturated carbocycles. The summed E-state index contributed by atoms with van der Waals surface area (Å²) < 4.78 is 1.98. The Kier molecular flexibility index (Phi) is 1.70. The first kappa shape index (κ1) is 8.68. The number of fused-ring (bicyclic) bond motifs is 3. The summed E-state index contributed by atoms with van der Waals surface area (Å²) in [7, 11) is 1.97. The van der Waals surface area contributed by atoms with Crippen molar-refractivity contribution in [1.82, 2.24) is 14.5 Å². The molecule has 0 saturated heterocycles. The molecule has 0 aliphatic rings. The number of pyridine rings is 1. The summed E-state index contributed by atoms with van der Waals surface area (Å²) in [5.41, 5.74) is 2.91. The summed E-state index contributed by atoms with van der Waals surface area (Å²) in [5.74, 6) is 0. The summed E-state index contributed by atoms with van der Waals surface area (Å²) >= 11 is 5.98. The Balaban J connectivity index is 2.61. The summed E-state index contributed by atoms with van der Waals surface area (Å²) in [5, 5.41) is 1.76. The Morgan fingerprint density at radius 3 is 2.93 bits per heavy atom. The van der Waals surface area contributed by atoms with Crippen molar-refractivity contribution < 1.29 is 0 Å². The van der Waals surface area contributed by atoms with Crippen molar-refractivity contribution >= 4 is 33.5 Å². The van der Waals surface area contributed by atoms with E-state index in [2.05, 4.69) is 9.97 Å². The number of hydrogen-bond donors (Lipinski definition) is 0. The summed E-state index contributed by atoms with van der Waals surface area (Å²) in [6.45, 7) is 0. The molecular weight excluding hydrogens is 210 g/mol. The summed E-state index contributed by atoms with van der Waals surface area (Å²) in [6.07, 6.45) is 3.57. The zero-order chi connectivity index (χ0) is 10.4. The van der Waals surface area contributed by atoms with Gasteiger partial charge in [0.1, 0.15) is 5.52 Å². The van der Waals surface area contributed by atoms with Gasteiger partial charge >= 0.3 is 0 Å². The highest BCUT2D eigenvalue weighted by Crippen LogP contribution is 2.24. The van der Waals surface area contributed by atoms with E-state index in [4.69, 9.17) is 11.6 Å². The average molecular weight is 218 g/mol. The molecule has 3 rings (SSSR count). The molecule has 3 aromatic rings. The number of imidazole rings is 1. The van der Waals surface area contributed by atoms with Crippen LogP contribution in [0.3, 0.4) is 0 Å². The van der Waals surface area contributed by atoms with Crippen LogP contribution in [0.1, 0.15) is 0 Å². The molecule has 0 aliphatic heterocycles. The van der Waals surface area contributed by atoms with Crippen LogP contribution >= 0.6 is 11.6 Å². The van der Waals surface area contributed by atoms with Crippen LogP contribution in [0.15, 0.2) is 30.7 Å². The van der Waals surface area contributed by atoms with Gasteiger partial charge in [-0.15, -0.1) is 0 Å². The normalized spacial score (nSPS) is 11.3. The molecule has 1 aromatic carbocycles. The molecule has 2 heterocycles. The first-order valence-corrected chi connectivity index (χ1v) is 4.99. The van der Waals surface area contributed by atoms with Gasteiger partial charge in [-0.1, -0.05) is 11.6 Å². The lowest BCUT2D eigenvalue weighted by Gasteiger charge is -2.01. The van der Waals surface area contributed by atoms with E-state index < -0.39 is 0 Å². The van der Waals surface area contributed by atoms with Crippen molar-refractivity contribution in [2.75, 3.05) is 0 Å². The van der Waals surface area contributed by atoms with Gasteiger partial charge in [0.05, 0.1) is 23.6 Å². The molecule has 2 aromatic heterocycles. The molecule has 0 spiro atoms. The second kappa shape index (κ2) is 2.94. The van der Waals surface area contributed by atoms with Gasteiger partial charge in [-0.05, 0) is 18.2 Å². The third kappa shape index (κ3) is 1.20. The topological polar surface area (TPSA) is 30.7 Å². The van der Waals surface area contributed by atoms with Crippen molar-refractivity contribution in [2.24, 2.45) is 7.05 Å². The van der Waals surface area contributed by atoms with Crippen molar-refractivity contribution in [3.8, 4) is 0 Å². The molecule has 4 heteroatoms. The number of benzene rings is 1. The summed E-state index contributed by atoms with van der Waals surface area (Å²) in [4.78, 5) is 8.58. The SMILES string of the molecule is Cn1cnc2cnc3ccc(Cl)cc3c21. The lowest BCUT2D eigenvalue weighted by Crippen LogP contribution is -1.87. The molecular formula is C11H8ClN3. The molecule has 15 heavy (non-hydrogen) atoms. The maximum atomic E-state index is 5.98. The first-order valence-electron chi connectivity index (χ1n) is 4.61. The monoisotopic (exact) mass is 217 g/mol. The highest BCUT2D eigenvalue weighted by atomic mass is 35.5. The van der Waals surface area contributed by atoms with Crippen LogP contribution in [-0.2, 0) is 7.05 Å². The molecule has 0 amide bonds. The molecule has 3 nitrogen and oxygen atoms in total. The predicted octanol–water partition coefficient (Wildman–Crippen LogP) is 2.77. The predicted molar refractivity (Wildman–Crippen MR) is 61.0 cm³/mol. The molecule has 0 aliphatic carbocycles. The fourth-order valence-corrected chi connectivity index (χ4v) is 1.98. The number of hydrogen-bond acceptors (Lipinski definition) is 2. The van der Waals surface area contributed by atoms with E-state index in [9.17, 15) is 0 Å². The van der Waals surface area contributed by atoms with Crippen LogP contribution in [-0.4, -0.2) is 14.5 Å². The van der Waals surface area contributed by atoms with Crippen molar-refractivity contribution in [3.05, 3.63) is 35.7 Å². The van der Waals surface area contributed by atoms with Crippen molar-refractivity contribution in [2.45, 2.75) is 0 Å². The first-order chi connectivity index (χ1) is 7.25. The summed E-state index contributed by atoms with van der Waals surface area (Å²) in [6, 6.07) is 5.69. The average Bonchev–Trinajstić information content (AvgIpc) is 2.60. The van der Waals surface area contributed by atoms with Gasteiger partial charge in [0, 0.05) is 17.5 Å². The highest BCUT2D eigenvalue weighted by molar-refractivity contribution is 6.31.